The summed E-state index contributed by atoms with van der Waals surface area (Å²) in [5.41, 5.74) is 2.47. The molecule has 1 radical (unpaired) electrons. The van der Waals surface area contributed by atoms with Crippen LogP contribution in [0.2, 0.25) is 0 Å². The summed E-state index contributed by atoms with van der Waals surface area (Å²) in [5.74, 6) is 0. The van der Waals surface area contributed by atoms with Crippen molar-refractivity contribution in [1.82, 2.24) is 0 Å². The van der Waals surface area contributed by atoms with Crippen LogP contribution in [0.5, 0.6) is 0 Å². The Morgan fingerprint density at radius 2 is 1.86 bits per heavy atom. The van der Waals surface area contributed by atoms with Gasteiger partial charge in [-0.25, -0.2) is 0 Å². The molecule has 69 valence electrons. The first-order valence-electron chi connectivity index (χ1n) is 4.19. The fourth-order valence-corrected chi connectivity index (χ4v) is 2.21. The Kier molecular flexibility index (Phi) is 3.23. The molecule has 0 spiro atoms. The summed E-state index contributed by atoms with van der Waals surface area (Å²) in [7, 11) is 0. The van der Waals surface area contributed by atoms with Gasteiger partial charge >= 0.3 is 0 Å². The van der Waals surface area contributed by atoms with Gasteiger partial charge in [0.05, 0.1) is 0 Å². The first kappa shape index (κ1) is 10.2. The number of halogens is 2. The van der Waals surface area contributed by atoms with Gasteiger partial charge in [-0.3, -0.25) is 0 Å². The lowest BCUT2D eigenvalue weighted by Crippen LogP contribution is -1.81. The quantitative estimate of drug-likeness (QED) is 0.658. The minimum atomic E-state index is 0.993. The molecule has 14 heavy (non-hydrogen) atoms. The van der Waals surface area contributed by atoms with Crippen molar-refractivity contribution in [2.45, 2.75) is 0 Å². The third kappa shape index (κ3) is 2.17. The third-order valence-electron chi connectivity index (χ3n) is 1.96. The number of hydrogen-bond donors (Lipinski definition) is 0. The van der Waals surface area contributed by atoms with Gasteiger partial charge in [0.25, 0.3) is 0 Å². The Morgan fingerprint density at radius 1 is 1.07 bits per heavy atom. The van der Waals surface area contributed by atoms with Gasteiger partial charge in [-0.1, -0.05) is 40.2 Å². The Labute approximate surface area is 106 Å². The molecule has 0 aliphatic rings. The van der Waals surface area contributed by atoms with E-state index in [1.54, 1.807) is 0 Å². The van der Waals surface area contributed by atoms with Crippen LogP contribution in [0, 0.1) is 9.64 Å². The van der Waals surface area contributed by atoms with Crippen molar-refractivity contribution in [3.8, 4) is 11.1 Å². The lowest BCUT2D eigenvalue weighted by atomic mass is 10.1. The molecule has 0 aliphatic heterocycles. The van der Waals surface area contributed by atoms with Gasteiger partial charge in [-0.05, 0) is 58.0 Å². The van der Waals surface area contributed by atoms with Crippen molar-refractivity contribution in [1.29, 1.82) is 0 Å². The molecule has 0 N–H and O–H groups in total. The average molecular weight is 358 g/mol. The van der Waals surface area contributed by atoms with E-state index in [-0.39, 0.29) is 0 Å². The predicted octanol–water partition coefficient (Wildman–Crippen LogP) is 4.52. The van der Waals surface area contributed by atoms with Crippen molar-refractivity contribution in [3.63, 3.8) is 0 Å². The zero-order chi connectivity index (χ0) is 9.97. The SMILES string of the molecule is Brc1[c]cc(-c2ccccc2I)cc1. The van der Waals surface area contributed by atoms with Crippen molar-refractivity contribution in [3.05, 3.63) is 56.6 Å². The number of benzene rings is 2. The summed E-state index contributed by atoms with van der Waals surface area (Å²) in [6, 6.07) is 17.6. The molecule has 0 heterocycles. The van der Waals surface area contributed by atoms with Crippen LogP contribution >= 0.6 is 38.5 Å². The van der Waals surface area contributed by atoms with Gasteiger partial charge in [0, 0.05) is 8.04 Å². The van der Waals surface area contributed by atoms with E-state index in [1.165, 1.54) is 14.7 Å². The van der Waals surface area contributed by atoms with E-state index < -0.39 is 0 Å². The van der Waals surface area contributed by atoms with Crippen molar-refractivity contribution in [2.75, 3.05) is 0 Å². The number of rotatable bonds is 1. The second-order valence-corrected chi connectivity index (χ2v) is 4.92. The van der Waals surface area contributed by atoms with Crippen molar-refractivity contribution < 1.29 is 0 Å². The maximum Gasteiger partial charge on any atom is 0.0254 e. The zero-order valence-electron chi connectivity index (χ0n) is 7.30. The van der Waals surface area contributed by atoms with Crippen LogP contribution in [0.15, 0.2) is 46.9 Å². The van der Waals surface area contributed by atoms with Crippen LogP contribution < -0.4 is 0 Å². The Hall–Kier alpha value is -0.350. The van der Waals surface area contributed by atoms with Crippen LogP contribution in [0.25, 0.3) is 11.1 Å². The molecule has 0 atom stereocenters. The van der Waals surface area contributed by atoms with Crippen LogP contribution in [0.3, 0.4) is 0 Å². The van der Waals surface area contributed by atoms with Crippen molar-refractivity contribution >= 4 is 38.5 Å². The molecular weight excluding hydrogens is 351 g/mol. The third-order valence-corrected chi connectivity index (χ3v) is 3.39. The van der Waals surface area contributed by atoms with Crippen LogP contribution in [-0.4, -0.2) is 0 Å². The molecule has 0 fully saturated rings. The highest BCUT2D eigenvalue weighted by Crippen LogP contribution is 2.25. The molecule has 0 saturated heterocycles. The molecule has 0 nitrogen and oxygen atoms in total. The van der Waals surface area contributed by atoms with Gasteiger partial charge in [-0.2, -0.15) is 0 Å². The molecule has 2 aromatic carbocycles. The molecule has 2 aromatic rings. The van der Waals surface area contributed by atoms with E-state index in [9.17, 15) is 0 Å². The second-order valence-electron chi connectivity index (χ2n) is 2.91. The highest BCUT2D eigenvalue weighted by atomic mass is 127. The molecule has 2 heteroatoms. The Balaban J connectivity index is 2.50. The van der Waals surface area contributed by atoms with Crippen LogP contribution in [0.4, 0.5) is 0 Å². The highest BCUT2D eigenvalue weighted by Gasteiger charge is 2.00. The molecule has 0 aliphatic carbocycles. The Bertz CT molecular complexity index is 434. The van der Waals surface area contributed by atoms with E-state index in [2.05, 4.69) is 68.9 Å². The summed E-state index contributed by atoms with van der Waals surface area (Å²) in [6.07, 6.45) is 0. The summed E-state index contributed by atoms with van der Waals surface area (Å²) in [6.45, 7) is 0. The van der Waals surface area contributed by atoms with Crippen LogP contribution in [0.1, 0.15) is 0 Å². The topological polar surface area (TPSA) is 0 Å². The molecule has 0 unspecified atom stereocenters. The van der Waals surface area contributed by atoms with E-state index >= 15 is 0 Å². The van der Waals surface area contributed by atoms with Gasteiger partial charge in [0.1, 0.15) is 0 Å². The van der Waals surface area contributed by atoms with E-state index in [4.69, 9.17) is 0 Å². The smallest absolute Gasteiger partial charge is 0.0254 e. The van der Waals surface area contributed by atoms with Gasteiger partial charge in [0.15, 0.2) is 0 Å². The monoisotopic (exact) mass is 357 g/mol. The molecule has 0 bridgehead atoms. The highest BCUT2D eigenvalue weighted by molar-refractivity contribution is 14.1. The normalized spacial score (nSPS) is 10.1. The summed E-state index contributed by atoms with van der Waals surface area (Å²) in [5, 5.41) is 0. The second kappa shape index (κ2) is 4.45. The molecule has 0 saturated carbocycles. The minimum Gasteiger partial charge on any atom is -0.0616 e. The van der Waals surface area contributed by atoms with Gasteiger partial charge in [0.2, 0.25) is 0 Å². The largest absolute Gasteiger partial charge is 0.0616 e. The first-order valence-corrected chi connectivity index (χ1v) is 6.07. The lowest BCUT2D eigenvalue weighted by molar-refractivity contribution is 1.56. The zero-order valence-corrected chi connectivity index (χ0v) is 11.0. The summed E-state index contributed by atoms with van der Waals surface area (Å²) < 4.78 is 2.26. The standard InChI is InChI=1S/C12H7BrI/c13-10-7-5-9(6-8-10)11-3-1-2-4-12(11)14/h1-7H. The maximum absolute atomic E-state index is 3.38. The molecule has 2 rings (SSSR count). The summed E-state index contributed by atoms with van der Waals surface area (Å²) >= 11 is 5.73. The summed E-state index contributed by atoms with van der Waals surface area (Å²) in [4.78, 5) is 0. The van der Waals surface area contributed by atoms with Gasteiger partial charge in [-0.15, -0.1) is 0 Å². The fraction of sp³-hybridized carbons (Fsp3) is 0. The fourth-order valence-electron chi connectivity index (χ4n) is 1.27. The lowest BCUT2D eigenvalue weighted by Gasteiger charge is -2.03. The molecular formula is C12H7BrI. The first-order chi connectivity index (χ1) is 6.77. The van der Waals surface area contributed by atoms with E-state index in [0.29, 0.717) is 0 Å². The Morgan fingerprint density at radius 3 is 2.50 bits per heavy atom. The number of hydrogen-bond acceptors (Lipinski definition) is 0. The van der Waals surface area contributed by atoms with Gasteiger partial charge < -0.3 is 0 Å². The maximum atomic E-state index is 3.38. The molecule has 0 amide bonds. The van der Waals surface area contributed by atoms with Crippen molar-refractivity contribution in [2.24, 2.45) is 0 Å². The predicted molar refractivity (Wildman–Crippen MR) is 71.1 cm³/mol. The van der Waals surface area contributed by atoms with E-state index in [0.717, 1.165) is 4.47 Å². The molecule has 0 aromatic heterocycles. The average Bonchev–Trinajstić information content (AvgIpc) is 2.20. The minimum absolute atomic E-state index is 0.993. The van der Waals surface area contributed by atoms with E-state index in [1.807, 2.05) is 18.2 Å². The van der Waals surface area contributed by atoms with Crippen LogP contribution in [-0.2, 0) is 0 Å².